The first-order chi connectivity index (χ1) is 15.5. The first-order valence-electron chi connectivity index (χ1n) is 10.3. The zero-order valence-electron chi connectivity index (χ0n) is 18.3. The summed E-state index contributed by atoms with van der Waals surface area (Å²) < 4.78 is 5.01. The molecule has 2 N–H and O–H groups in total. The second kappa shape index (κ2) is 10.7. The average molecular weight is 448 g/mol. The summed E-state index contributed by atoms with van der Waals surface area (Å²) >= 11 is 1.21. The molecule has 1 aliphatic heterocycles. The summed E-state index contributed by atoms with van der Waals surface area (Å²) in [5, 5.41) is 16.8. The largest absolute Gasteiger partial charge is 0.465 e. The molecule has 6 nitrogen and oxygen atoms in total. The van der Waals surface area contributed by atoms with Gasteiger partial charge in [-0.1, -0.05) is 60.3 Å². The number of thioether (sulfide) groups is 1. The Labute approximate surface area is 192 Å². The lowest BCUT2D eigenvalue weighted by molar-refractivity contribution is -0.139. The maximum Gasteiger partial charge on any atom is 0.316 e. The minimum atomic E-state index is -0.559. The van der Waals surface area contributed by atoms with Gasteiger partial charge < -0.3 is 15.4 Å². The molecule has 1 heterocycles. The first kappa shape index (κ1) is 23.2. The molecule has 1 atom stereocenters. The Balaban J connectivity index is 2.00. The summed E-state index contributed by atoms with van der Waals surface area (Å²) in [6.07, 6.45) is 0. The highest BCUT2D eigenvalue weighted by molar-refractivity contribution is 8.03. The van der Waals surface area contributed by atoms with E-state index in [1.54, 1.807) is 6.92 Å². The van der Waals surface area contributed by atoms with Crippen LogP contribution >= 0.6 is 11.8 Å². The predicted octanol–water partition coefficient (Wildman–Crippen LogP) is 4.63. The lowest BCUT2D eigenvalue weighted by atomic mass is 9.82. The van der Waals surface area contributed by atoms with Gasteiger partial charge in [0, 0.05) is 17.0 Å². The van der Waals surface area contributed by atoms with Gasteiger partial charge in [-0.15, -0.1) is 0 Å². The Morgan fingerprint density at radius 3 is 2.47 bits per heavy atom. The van der Waals surface area contributed by atoms with Crippen LogP contribution in [0.2, 0.25) is 0 Å². The Kier molecular flexibility index (Phi) is 7.74. The smallest absolute Gasteiger partial charge is 0.316 e. The summed E-state index contributed by atoms with van der Waals surface area (Å²) in [6.45, 7) is 5.78. The quantitative estimate of drug-likeness (QED) is 0.602. The normalized spacial score (nSPS) is 15.6. The molecule has 2 aromatic carbocycles. The van der Waals surface area contributed by atoms with Crippen LogP contribution in [0.15, 0.2) is 76.5 Å². The van der Waals surface area contributed by atoms with Crippen LogP contribution in [0.1, 0.15) is 30.9 Å². The fraction of sp³-hybridized carbons (Fsp3) is 0.240. The molecule has 0 aromatic heterocycles. The Hall–Kier alpha value is -3.50. The average Bonchev–Trinajstić information content (AvgIpc) is 2.79. The number of rotatable bonds is 7. The van der Waals surface area contributed by atoms with E-state index in [0.29, 0.717) is 28.5 Å². The number of esters is 1. The Bertz CT molecular complexity index is 1120. The van der Waals surface area contributed by atoms with Crippen LogP contribution in [-0.2, 0) is 14.3 Å². The van der Waals surface area contributed by atoms with E-state index in [1.165, 1.54) is 11.8 Å². The van der Waals surface area contributed by atoms with Crippen LogP contribution in [-0.4, -0.2) is 24.2 Å². The van der Waals surface area contributed by atoms with Gasteiger partial charge in [0.15, 0.2) is 0 Å². The first-order valence-corrected chi connectivity index (χ1v) is 11.3. The highest BCUT2D eigenvalue weighted by atomic mass is 32.2. The third-order valence-electron chi connectivity index (χ3n) is 5.06. The minimum absolute atomic E-state index is 0.0703. The molecule has 7 heteroatoms. The Morgan fingerprint density at radius 1 is 1.12 bits per heavy atom. The molecule has 1 amide bonds. The van der Waals surface area contributed by atoms with E-state index in [1.807, 2.05) is 68.4 Å². The van der Waals surface area contributed by atoms with Crippen molar-refractivity contribution in [3.05, 3.63) is 87.6 Å². The molecule has 0 radical (unpaired) electrons. The van der Waals surface area contributed by atoms with Crippen molar-refractivity contribution in [2.75, 3.05) is 17.7 Å². The van der Waals surface area contributed by atoms with Crippen LogP contribution in [0.4, 0.5) is 5.69 Å². The maximum atomic E-state index is 13.4. The summed E-state index contributed by atoms with van der Waals surface area (Å²) in [4.78, 5) is 25.3. The number of hydrogen-bond acceptors (Lipinski definition) is 6. The second-order valence-corrected chi connectivity index (χ2v) is 8.21. The zero-order chi connectivity index (χ0) is 23.1. The van der Waals surface area contributed by atoms with Gasteiger partial charge in [0.25, 0.3) is 5.91 Å². The van der Waals surface area contributed by atoms with Crippen LogP contribution in [0.3, 0.4) is 0 Å². The van der Waals surface area contributed by atoms with Crippen molar-refractivity contribution in [2.45, 2.75) is 26.7 Å². The van der Waals surface area contributed by atoms with Crippen molar-refractivity contribution < 1.29 is 14.3 Å². The molecule has 32 heavy (non-hydrogen) atoms. The number of nitrogens with zero attached hydrogens (tertiary/aromatic N) is 1. The number of hydrogen-bond donors (Lipinski definition) is 2. The van der Waals surface area contributed by atoms with E-state index >= 15 is 0 Å². The standard InChI is InChI=1S/C25H25N3O3S/c1-4-31-21(29)15-32-25-19(14-26)23(18-11-6-5-7-12-18)22(17(3)27-25)24(30)28-20-13-9-8-10-16(20)2/h5-13,23,27H,4,15H2,1-3H3,(H,28,30)/t23-/m0/s1. The van der Waals surface area contributed by atoms with E-state index in [0.717, 1.165) is 16.8 Å². The lowest BCUT2D eigenvalue weighted by Gasteiger charge is -2.30. The van der Waals surface area contributed by atoms with E-state index in [9.17, 15) is 14.9 Å². The van der Waals surface area contributed by atoms with Crippen molar-refractivity contribution in [2.24, 2.45) is 0 Å². The van der Waals surface area contributed by atoms with Crippen molar-refractivity contribution in [1.82, 2.24) is 5.32 Å². The number of benzene rings is 2. The molecule has 0 bridgehead atoms. The van der Waals surface area contributed by atoms with Crippen molar-refractivity contribution in [1.29, 1.82) is 5.26 Å². The van der Waals surface area contributed by atoms with Crippen LogP contribution < -0.4 is 10.6 Å². The van der Waals surface area contributed by atoms with Crippen LogP contribution in [0, 0.1) is 18.3 Å². The minimum Gasteiger partial charge on any atom is -0.465 e. The molecule has 0 unspecified atom stereocenters. The number of dihydropyridines is 1. The lowest BCUT2D eigenvalue weighted by Crippen LogP contribution is -2.31. The van der Waals surface area contributed by atoms with Gasteiger partial charge in [0.2, 0.25) is 0 Å². The number of nitriles is 1. The van der Waals surface area contributed by atoms with Crippen molar-refractivity contribution >= 4 is 29.3 Å². The van der Waals surface area contributed by atoms with Crippen LogP contribution in [0.5, 0.6) is 0 Å². The molecule has 2 aromatic rings. The van der Waals surface area contributed by atoms with Crippen molar-refractivity contribution in [3.63, 3.8) is 0 Å². The van der Waals surface area contributed by atoms with Gasteiger partial charge in [-0.05, 0) is 38.0 Å². The topological polar surface area (TPSA) is 91.2 Å². The maximum absolute atomic E-state index is 13.4. The third-order valence-corrected chi connectivity index (χ3v) is 6.05. The second-order valence-electron chi connectivity index (χ2n) is 7.22. The van der Waals surface area contributed by atoms with Gasteiger partial charge in [0.1, 0.15) is 0 Å². The fourth-order valence-corrected chi connectivity index (χ4v) is 4.43. The molecule has 3 rings (SSSR count). The Morgan fingerprint density at radius 2 is 1.81 bits per heavy atom. The summed E-state index contributed by atoms with van der Waals surface area (Å²) in [7, 11) is 0. The molecule has 0 spiro atoms. The van der Waals surface area contributed by atoms with Gasteiger partial charge in [-0.2, -0.15) is 5.26 Å². The molecular weight excluding hydrogens is 422 g/mol. The number of carbonyl (C=O) groups is 2. The number of aryl methyl sites for hydroxylation is 1. The number of allylic oxidation sites excluding steroid dienone is 2. The fourth-order valence-electron chi connectivity index (χ4n) is 3.54. The summed E-state index contributed by atoms with van der Waals surface area (Å²) in [5.74, 6) is -1.12. The molecule has 164 valence electrons. The molecule has 0 saturated carbocycles. The number of carbonyl (C=O) groups excluding carboxylic acids is 2. The number of nitrogens with one attached hydrogen (secondary N) is 2. The molecule has 0 aliphatic carbocycles. The third kappa shape index (κ3) is 5.21. The molecular formula is C25H25N3O3S. The van der Waals surface area contributed by atoms with Gasteiger partial charge in [-0.25, -0.2) is 0 Å². The predicted molar refractivity (Wildman–Crippen MR) is 127 cm³/mol. The van der Waals surface area contributed by atoms with E-state index in [2.05, 4.69) is 16.7 Å². The van der Waals surface area contributed by atoms with E-state index in [-0.39, 0.29) is 17.6 Å². The van der Waals surface area contributed by atoms with Gasteiger partial charge in [0.05, 0.1) is 34.9 Å². The number of amides is 1. The van der Waals surface area contributed by atoms with Gasteiger partial charge in [-0.3, -0.25) is 9.59 Å². The SMILES string of the molecule is CCOC(=O)CSC1=C(C#N)[C@H](c2ccccc2)C(C(=O)Nc2ccccc2C)=C(C)N1. The summed E-state index contributed by atoms with van der Waals surface area (Å²) in [5.41, 5.74) is 3.99. The van der Waals surface area contributed by atoms with E-state index < -0.39 is 5.92 Å². The van der Waals surface area contributed by atoms with Crippen LogP contribution in [0.25, 0.3) is 0 Å². The van der Waals surface area contributed by atoms with Crippen molar-refractivity contribution in [3.8, 4) is 6.07 Å². The molecule has 1 aliphatic rings. The molecule has 0 saturated heterocycles. The number of para-hydroxylation sites is 1. The van der Waals surface area contributed by atoms with E-state index in [4.69, 9.17) is 4.74 Å². The number of ether oxygens (including phenoxy) is 1. The monoisotopic (exact) mass is 447 g/mol. The highest BCUT2D eigenvalue weighted by Crippen LogP contribution is 2.41. The molecule has 0 fully saturated rings. The summed E-state index contributed by atoms with van der Waals surface area (Å²) in [6, 6.07) is 19.3. The highest BCUT2D eigenvalue weighted by Gasteiger charge is 2.35. The number of anilines is 1. The van der Waals surface area contributed by atoms with Gasteiger partial charge >= 0.3 is 5.97 Å². The zero-order valence-corrected chi connectivity index (χ0v) is 19.1.